The first-order chi connectivity index (χ1) is 12.2. The molecule has 4 nitrogen and oxygen atoms in total. The lowest BCUT2D eigenvalue weighted by Crippen LogP contribution is -2.29. The van der Waals surface area contributed by atoms with Crippen molar-refractivity contribution in [2.24, 2.45) is 0 Å². The van der Waals surface area contributed by atoms with Crippen LogP contribution in [0.5, 0.6) is 11.5 Å². The van der Waals surface area contributed by atoms with Gasteiger partial charge in [-0.1, -0.05) is 42.6 Å². The molecule has 1 aromatic rings. The molecule has 1 rings (SSSR count). The van der Waals surface area contributed by atoms with Gasteiger partial charge in [-0.25, -0.2) is 0 Å². The van der Waals surface area contributed by atoms with Crippen molar-refractivity contribution < 1.29 is 9.47 Å². The van der Waals surface area contributed by atoms with Gasteiger partial charge in [0.1, 0.15) is 0 Å². The van der Waals surface area contributed by atoms with Crippen molar-refractivity contribution >= 4 is 15.9 Å². The molecule has 25 heavy (non-hydrogen) atoms. The molecule has 0 amide bonds. The lowest BCUT2D eigenvalue weighted by molar-refractivity contribution is 0.261. The van der Waals surface area contributed by atoms with Gasteiger partial charge in [0, 0.05) is 16.6 Å². The van der Waals surface area contributed by atoms with E-state index in [9.17, 15) is 0 Å². The summed E-state index contributed by atoms with van der Waals surface area (Å²) < 4.78 is 11.9. The van der Waals surface area contributed by atoms with E-state index in [2.05, 4.69) is 46.1 Å². The molecule has 0 saturated heterocycles. The summed E-state index contributed by atoms with van der Waals surface area (Å²) in [7, 11) is 3.36. The van der Waals surface area contributed by atoms with Crippen LogP contribution in [0.2, 0.25) is 0 Å². The van der Waals surface area contributed by atoms with E-state index in [1.807, 2.05) is 6.07 Å². The Bertz CT molecular complexity index is 475. The SMILES string of the molecule is CCCCN(CCCC)CCCNCc1cc(Br)cc(OC)c1OC. The van der Waals surface area contributed by atoms with Crippen molar-refractivity contribution in [3.8, 4) is 11.5 Å². The molecular weight excluding hydrogens is 380 g/mol. The number of ether oxygens (including phenoxy) is 2. The van der Waals surface area contributed by atoms with Gasteiger partial charge in [0.2, 0.25) is 0 Å². The van der Waals surface area contributed by atoms with E-state index in [4.69, 9.17) is 9.47 Å². The standard InChI is InChI=1S/C20H35BrN2O2/c1-5-7-11-23(12-8-6-2)13-9-10-22-16-17-14-18(21)15-19(24-3)20(17)25-4/h14-15,22H,5-13,16H2,1-4H3. The van der Waals surface area contributed by atoms with Gasteiger partial charge in [0.15, 0.2) is 11.5 Å². The molecule has 0 aliphatic rings. The molecule has 0 aromatic heterocycles. The molecule has 1 aromatic carbocycles. The minimum absolute atomic E-state index is 0.763. The van der Waals surface area contributed by atoms with E-state index in [1.165, 1.54) is 51.7 Å². The second kappa shape index (κ2) is 13.4. The molecule has 0 aliphatic carbocycles. The van der Waals surface area contributed by atoms with E-state index < -0.39 is 0 Å². The van der Waals surface area contributed by atoms with Crippen LogP contribution in [0.1, 0.15) is 51.5 Å². The predicted molar refractivity (Wildman–Crippen MR) is 110 cm³/mol. The third-order valence-electron chi connectivity index (χ3n) is 4.32. The highest BCUT2D eigenvalue weighted by molar-refractivity contribution is 9.10. The molecule has 0 radical (unpaired) electrons. The van der Waals surface area contributed by atoms with Crippen LogP contribution in [0.3, 0.4) is 0 Å². The summed E-state index contributed by atoms with van der Waals surface area (Å²) in [5.41, 5.74) is 1.11. The van der Waals surface area contributed by atoms with Crippen LogP contribution < -0.4 is 14.8 Å². The maximum absolute atomic E-state index is 5.51. The maximum atomic E-state index is 5.51. The average molecular weight is 415 g/mol. The van der Waals surface area contributed by atoms with E-state index in [1.54, 1.807) is 14.2 Å². The molecule has 0 heterocycles. The van der Waals surface area contributed by atoms with Crippen LogP contribution in [0, 0.1) is 0 Å². The lowest BCUT2D eigenvalue weighted by atomic mass is 10.2. The number of nitrogens with zero attached hydrogens (tertiary/aromatic N) is 1. The number of nitrogens with one attached hydrogen (secondary N) is 1. The van der Waals surface area contributed by atoms with E-state index >= 15 is 0 Å². The fourth-order valence-electron chi connectivity index (χ4n) is 2.89. The monoisotopic (exact) mass is 414 g/mol. The zero-order valence-electron chi connectivity index (χ0n) is 16.4. The number of hydrogen-bond donors (Lipinski definition) is 1. The topological polar surface area (TPSA) is 33.7 Å². The van der Waals surface area contributed by atoms with Gasteiger partial charge in [0.25, 0.3) is 0 Å². The highest BCUT2D eigenvalue weighted by Gasteiger charge is 2.11. The van der Waals surface area contributed by atoms with Crippen LogP contribution in [0.25, 0.3) is 0 Å². The molecule has 0 aliphatic heterocycles. The summed E-state index contributed by atoms with van der Waals surface area (Å²) >= 11 is 3.54. The Balaban J connectivity index is 2.42. The van der Waals surface area contributed by atoms with E-state index in [0.717, 1.165) is 34.6 Å². The summed E-state index contributed by atoms with van der Waals surface area (Å²) in [5.74, 6) is 1.57. The molecule has 1 N–H and O–H groups in total. The Morgan fingerprint density at radius 3 is 2.16 bits per heavy atom. The number of benzene rings is 1. The summed E-state index contributed by atoms with van der Waals surface area (Å²) in [6.07, 6.45) is 6.30. The molecular formula is C20H35BrN2O2. The van der Waals surface area contributed by atoms with Crippen LogP contribution in [-0.4, -0.2) is 45.3 Å². The molecule has 0 unspecified atom stereocenters. The normalized spacial score (nSPS) is 11.1. The maximum Gasteiger partial charge on any atom is 0.165 e. The summed E-state index contributed by atoms with van der Waals surface area (Å²) in [6.45, 7) is 9.94. The molecule has 0 saturated carbocycles. The first kappa shape index (κ1) is 22.3. The van der Waals surface area contributed by atoms with Crippen LogP contribution in [0.15, 0.2) is 16.6 Å². The zero-order valence-corrected chi connectivity index (χ0v) is 18.0. The Labute approximate surface area is 162 Å². The number of methoxy groups -OCH3 is 2. The second-order valence-electron chi connectivity index (χ2n) is 6.38. The average Bonchev–Trinajstić information content (AvgIpc) is 2.62. The van der Waals surface area contributed by atoms with Crippen molar-refractivity contribution in [2.75, 3.05) is 40.4 Å². The minimum atomic E-state index is 0.763. The Morgan fingerprint density at radius 1 is 0.960 bits per heavy atom. The molecule has 0 atom stereocenters. The largest absolute Gasteiger partial charge is 0.493 e. The molecule has 0 bridgehead atoms. The van der Waals surface area contributed by atoms with Crippen molar-refractivity contribution in [3.63, 3.8) is 0 Å². The summed E-state index contributed by atoms with van der Waals surface area (Å²) in [6, 6.07) is 4.02. The quantitative estimate of drug-likeness (QED) is 0.441. The Hall–Kier alpha value is -0.780. The van der Waals surface area contributed by atoms with Crippen molar-refractivity contribution in [2.45, 2.75) is 52.5 Å². The fourth-order valence-corrected chi connectivity index (χ4v) is 3.37. The summed E-state index contributed by atoms with van der Waals surface area (Å²) in [5, 5.41) is 3.54. The second-order valence-corrected chi connectivity index (χ2v) is 7.30. The van der Waals surface area contributed by atoms with Crippen molar-refractivity contribution in [1.82, 2.24) is 10.2 Å². The number of rotatable bonds is 14. The van der Waals surface area contributed by atoms with Gasteiger partial charge >= 0.3 is 0 Å². The summed E-state index contributed by atoms with van der Waals surface area (Å²) in [4.78, 5) is 2.61. The molecule has 5 heteroatoms. The molecule has 144 valence electrons. The molecule has 0 fully saturated rings. The third kappa shape index (κ3) is 8.43. The Kier molecular flexibility index (Phi) is 12.0. The first-order valence-electron chi connectivity index (χ1n) is 9.49. The van der Waals surface area contributed by atoms with Gasteiger partial charge in [-0.2, -0.15) is 0 Å². The predicted octanol–water partition coefficient (Wildman–Crippen LogP) is 4.85. The highest BCUT2D eigenvalue weighted by Crippen LogP contribution is 2.34. The van der Waals surface area contributed by atoms with E-state index in [0.29, 0.717) is 0 Å². The van der Waals surface area contributed by atoms with Crippen LogP contribution in [0.4, 0.5) is 0 Å². The highest BCUT2D eigenvalue weighted by atomic mass is 79.9. The smallest absolute Gasteiger partial charge is 0.165 e. The van der Waals surface area contributed by atoms with Crippen molar-refractivity contribution in [3.05, 3.63) is 22.2 Å². The van der Waals surface area contributed by atoms with Gasteiger partial charge in [-0.3, -0.25) is 0 Å². The van der Waals surface area contributed by atoms with Gasteiger partial charge < -0.3 is 19.7 Å². The number of unbranched alkanes of at least 4 members (excludes halogenated alkanes) is 2. The van der Waals surface area contributed by atoms with Gasteiger partial charge in [0.05, 0.1) is 14.2 Å². The van der Waals surface area contributed by atoms with E-state index in [-0.39, 0.29) is 0 Å². The van der Waals surface area contributed by atoms with Crippen molar-refractivity contribution in [1.29, 1.82) is 0 Å². The van der Waals surface area contributed by atoms with Gasteiger partial charge in [-0.15, -0.1) is 0 Å². The minimum Gasteiger partial charge on any atom is -0.493 e. The van der Waals surface area contributed by atoms with Crippen LogP contribution in [-0.2, 0) is 6.54 Å². The first-order valence-corrected chi connectivity index (χ1v) is 10.3. The number of halogens is 1. The fraction of sp³-hybridized carbons (Fsp3) is 0.700. The molecule has 0 spiro atoms. The zero-order chi connectivity index (χ0) is 18.5. The Morgan fingerprint density at radius 2 is 1.60 bits per heavy atom. The third-order valence-corrected chi connectivity index (χ3v) is 4.78. The lowest BCUT2D eigenvalue weighted by Gasteiger charge is -2.22. The number of hydrogen-bond acceptors (Lipinski definition) is 4. The van der Waals surface area contributed by atoms with Crippen LogP contribution >= 0.6 is 15.9 Å². The van der Waals surface area contributed by atoms with Gasteiger partial charge in [-0.05, 0) is 57.6 Å².